The summed E-state index contributed by atoms with van der Waals surface area (Å²) in [6, 6.07) is 23.1. The van der Waals surface area contributed by atoms with Crippen LogP contribution in [0.25, 0.3) is 44.3 Å². The van der Waals surface area contributed by atoms with Crippen molar-refractivity contribution in [2.24, 2.45) is 0 Å². The molecule has 0 saturated heterocycles. The molecule has 0 aliphatic heterocycles. The fraction of sp³-hybridized carbons (Fsp3) is 0.111. The van der Waals surface area contributed by atoms with Gasteiger partial charge in [-0.05, 0) is 47.4 Å². The van der Waals surface area contributed by atoms with E-state index in [1.54, 1.807) is 12.1 Å². The van der Waals surface area contributed by atoms with Gasteiger partial charge in [0.1, 0.15) is 11.2 Å². The van der Waals surface area contributed by atoms with Gasteiger partial charge in [0.25, 0.3) is 0 Å². The van der Waals surface area contributed by atoms with E-state index < -0.39 is 5.97 Å². The molecule has 5 rings (SSSR count). The van der Waals surface area contributed by atoms with E-state index in [2.05, 4.69) is 35.9 Å². The summed E-state index contributed by atoms with van der Waals surface area (Å²) in [5.41, 5.74) is 6.71. The van der Waals surface area contributed by atoms with Gasteiger partial charge in [0, 0.05) is 28.1 Å². The summed E-state index contributed by atoms with van der Waals surface area (Å²) in [5.74, 6) is -0.386. The Labute approximate surface area is 184 Å². The molecule has 2 heterocycles. The minimum Gasteiger partial charge on any atom is -0.455 e. The van der Waals surface area contributed by atoms with E-state index in [9.17, 15) is 4.79 Å². The minimum absolute atomic E-state index is 0.270. The van der Waals surface area contributed by atoms with E-state index in [4.69, 9.17) is 9.67 Å². The molecule has 158 valence electrons. The zero-order chi connectivity index (χ0) is 22.2. The Hall–Kier alpha value is -3.96. The number of pyridine rings is 1. The van der Waals surface area contributed by atoms with Gasteiger partial charge in [-0.3, -0.25) is 9.87 Å². The normalized spacial score (nSPS) is 11.4. The summed E-state index contributed by atoms with van der Waals surface area (Å²) in [6.07, 6.45) is 1.84. The Kier molecular flexibility index (Phi) is 4.96. The topological polar surface area (TPSA) is 72.6 Å². The van der Waals surface area contributed by atoms with Crippen LogP contribution in [0.4, 0.5) is 0 Å². The molecule has 1 N–H and O–H groups in total. The smallest absolute Gasteiger partial charge is 0.372 e. The summed E-state index contributed by atoms with van der Waals surface area (Å²) in [5, 5.41) is 10.6. The first-order valence-corrected chi connectivity index (χ1v) is 10.4. The number of para-hydroxylation sites is 2. The largest absolute Gasteiger partial charge is 0.455 e. The molecule has 0 radical (unpaired) electrons. The average molecular weight is 423 g/mol. The van der Waals surface area contributed by atoms with Crippen molar-refractivity contribution < 1.29 is 19.4 Å². The lowest BCUT2D eigenvalue weighted by molar-refractivity contribution is -0.182. The van der Waals surface area contributed by atoms with Crippen LogP contribution >= 0.6 is 0 Å². The van der Waals surface area contributed by atoms with Gasteiger partial charge in [-0.15, -0.1) is 0 Å². The second kappa shape index (κ2) is 7.94. The van der Waals surface area contributed by atoms with Crippen molar-refractivity contribution in [3.8, 4) is 22.4 Å². The van der Waals surface area contributed by atoms with Crippen molar-refractivity contribution in [3.63, 3.8) is 0 Å². The molecule has 3 aromatic carbocycles. The first-order chi connectivity index (χ1) is 15.6. The van der Waals surface area contributed by atoms with Crippen molar-refractivity contribution in [1.82, 2.24) is 4.98 Å². The van der Waals surface area contributed by atoms with Gasteiger partial charge in [0.15, 0.2) is 0 Å². The van der Waals surface area contributed by atoms with E-state index in [0.717, 1.165) is 44.3 Å². The first-order valence-electron chi connectivity index (χ1n) is 10.4. The zero-order valence-corrected chi connectivity index (χ0v) is 17.7. The van der Waals surface area contributed by atoms with Crippen molar-refractivity contribution >= 4 is 27.9 Å². The fourth-order valence-electron chi connectivity index (χ4n) is 4.04. The van der Waals surface area contributed by atoms with E-state index in [0.29, 0.717) is 5.92 Å². The molecule has 5 nitrogen and oxygen atoms in total. The summed E-state index contributed by atoms with van der Waals surface area (Å²) in [6.45, 7) is 4.33. The zero-order valence-electron chi connectivity index (χ0n) is 17.7. The summed E-state index contributed by atoms with van der Waals surface area (Å²) < 4.78 is 6.45. The second-order valence-corrected chi connectivity index (χ2v) is 8.05. The number of nitrogens with zero attached hydrogens (tertiary/aromatic N) is 1. The molecule has 5 aromatic rings. The Bertz CT molecular complexity index is 1450. The molecular weight excluding hydrogens is 402 g/mol. The number of hydrogen-bond acceptors (Lipinski definition) is 5. The van der Waals surface area contributed by atoms with Crippen LogP contribution in [0.2, 0.25) is 0 Å². The van der Waals surface area contributed by atoms with Gasteiger partial charge < -0.3 is 4.42 Å². The van der Waals surface area contributed by atoms with Gasteiger partial charge in [-0.25, -0.2) is 4.79 Å². The van der Waals surface area contributed by atoms with Gasteiger partial charge in [0.2, 0.25) is 0 Å². The van der Waals surface area contributed by atoms with E-state index >= 15 is 0 Å². The SMILES string of the molecule is CC(C)c1ccnc(-c2cccc3c2oc2c(-c4ccc(C(=O)OO)cc4)cccc23)c1. The third-order valence-corrected chi connectivity index (χ3v) is 5.77. The number of fused-ring (bicyclic) bond motifs is 3. The summed E-state index contributed by atoms with van der Waals surface area (Å²) in [4.78, 5) is 19.9. The maximum atomic E-state index is 11.5. The number of aromatic nitrogens is 1. The lowest BCUT2D eigenvalue weighted by Gasteiger charge is -2.07. The third kappa shape index (κ3) is 3.33. The molecule has 32 heavy (non-hydrogen) atoms. The molecule has 0 amide bonds. The predicted octanol–water partition coefficient (Wildman–Crippen LogP) is 7.07. The molecular formula is C27H21NO4. The quantitative estimate of drug-likeness (QED) is 0.247. The third-order valence-electron chi connectivity index (χ3n) is 5.77. The molecule has 0 aliphatic rings. The maximum absolute atomic E-state index is 11.5. The fourth-order valence-corrected chi connectivity index (χ4v) is 4.04. The highest BCUT2D eigenvalue weighted by atomic mass is 17.1. The molecule has 0 atom stereocenters. The molecule has 0 bridgehead atoms. The Morgan fingerprint density at radius 2 is 1.56 bits per heavy atom. The number of rotatable bonds is 4. The molecule has 5 heteroatoms. The standard InChI is InChI=1S/C27H21NO4/c1-16(2)19-13-14-28-24(15-19)23-8-4-7-22-21-6-3-5-20(25(21)31-26(22)23)17-9-11-18(12-10-17)27(29)32-30/h3-16,30H,1-2H3. The van der Waals surface area contributed by atoms with E-state index in [1.165, 1.54) is 5.56 Å². The van der Waals surface area contributed by atoms with E-state index in [1.807, 2.05) is 54.7 Å². The summed E-state index contributed by atoms with van der Waals surface area (Å²) in [7, 11) is 0. The second-order valence-electron chi connectivity index (χ2n) is 8.05. The van der Waals surface area contributed by atoms with Gasteiger partial charge in [-0.2, -0.15) is 5.26 Å². The number of hydrogen-bond donors (Lipinski definition) is 1. The number of carbonyl (C=O) groups is 1. The molecule has 0 aliphatic carbocycles. The van der Waals surface area contributed by atoms with Crippen molar-refractivity contribution in [1.29, 1.82) is 0 Å². The highest BCUT2D eigenvalue weighted by Gasteiger charge is 2.17. The molecule has 0 fully saturated rings. The lowest BCUT2D eigenvalue weighted by atomic mass is 9.99. The van der Waals surface area contributed by atoms with Crippen LogP contribution in [0, 0.1) is 0 Å². The molecule has 0 spiro atoms. The van der Waals surface area contributed by atoms with Crippen LogP contribution < -0.4 is 0 Å². The van der Waals surface area contributed by atoms with Crippen LogP contribution in [0.15, 0.2) is 83.4 Å². The lowest BCUT2D eigenvalue weighted by Crippen LogP contribution is -2.00. The molecule has 0 saturated carbocycles. The first kappa shape index (κ1) is 20.0. The van der Waals surface area contributed by atoms with Crippen molar-refractivity contribution in [2.75, 3.05) is 0 Å². The van der Waals surface area contributed by atoms with Crippen LogP contribution in [-0.2, 0) is 4.89 Å². The number of benzene rings is 3. The monoisotopic (exact) mass is 423 g/mol. The predicted molar refractivity (Wildman–Crippen MR) is 125 cm³/mol. The van der Waals surface area contributed by atoms with Crippen molar-refractivity contribution in [2.45, 2.75) is 19.8 Å². The van der Waals surface area contributed by atoms with Gasteiger partial charge in [-0.1, -0.05) is 56.3 Å². The highest BCUT2D eigenvalue weighted by molar-refractivity contribution is 6.12. The summed E-state index contributed by atoms with van der Waals surface area (Å²) >= 11 is 0. The van der Waals surface area contributed by atoms with Crippen LogP contribution in [0.5, 0.6) is 0 Å². The molecule has 2 aromatic heterocycles. The van der Waals surface area contributed by atoms with Gasteiger partial charge in [0.05, 0.1) is 11.3 Å². The van der Waals surface area contributed by atoms with E-state index in [-0.39, 0.29) is 5.56 Å². The Morgan fingerprint density at radius 1 is 0.906 bits per heavy atom. The van der Waals surface area contributed by atoms with Crippen LogP contribution in [-0.4, -0.2) is 16.2 Å². The van der Waals surface area contributed by atoms with Crippen molar-refractivity contribution in [3.05, 3.63) is 90.1 Å². The van der Waals surface area contributed by atoms with Crippen LogP contribution in [0.3, 0.4) is 0 Å². The molecule has 0 unspecified atom stereocenters. The van der Waals surface area contributed by atoms with Gasteiger partial charge >= 0.3 is 5.97 Å². The average Bonchev–Trinajstić information content (AvgIpc) is 3.23. The number of furan rings is 1. The maximum Gasteiger partial charge on any atom is 0.372 e. The minimum atomic E-state index is -0.792. The Morgan fingerprint density at radius 3 is 2.22 bits per heavy atom. The number of carbonyl (C=O) groups excluding carboxylic acids is 1. The Balaban J connectivity index is 1.69. The highest BCUT2D eigenvalue weighted by Crippen LogP contribution is 2.39. The van der Waals surface area contributed by atoms with Crippen LogP contribution in [0.1, 0.15) is 35.7 Å².